The minimum absolute atomic E-state index is 0.0195. The number of carbonyl (C=O) groups is 1. The van der Waals surface area contributed by atoms with E-state index in [1.54, 1.807) is 0 Å². The molecule has 0 radical (unpaired) electrons. The van der Waals surface area contributed by atoms with Crippen LogP contribution in [0.1, 0.15) is 38.5 Å². The van der Waals surface area contributed by atoms with Crippen LogP contribution in [0.3, 0.4) is 0 Å². The molecule has 2 saturated carbocycles. The van der Waals surface area contributed by atoms with Crippen molar-refractivity contribution in [3.63, 3.8) is 0 Å². The van der Waals surface area contributed by atoms with Crippen molar-refractivity contribution in [3.8, 4) is 6.07 Å². The maximum absolute atomic E-state index is 12.1. The summed E-state index contributed by atoms with van der Waals surface area (Å²) in [6, 6.07) is 3.26. The van der Waals surface area contributed by atoms with Crippen molar-refractivity contribution in [1.29, 1.82) is 5.26 Å². The van der Waals surface area contributed by atoms with E-state index < -0.39 is 5.41 Å². The second kappa shape index (κ2) is 3.99. The summed E-state index contributed by atoms with van der Waals surface area (Å²) in [5, 5.41) is 12.2. The highest BCUT2D eigenvalue weighted by Crippen LogP contribution is 2.40. The smallest absolute Gasteiger partial charge is 0.240 e. The first-order valence-corrected chi connectivity index (χ1v) is 6.70. The Bertz CT molecular complexity index is 365. The van der Waals surface area contributed by atoms with Gasteiger partial charge in [0, 0.05) is 25.2 Å². The van der Waals surface area contributed by atoms with Gasteiger partial charge in [0.1, 0.15) is 5.41 Å². The number of nitrogens with zero attached hydrogens (tertiary/aromatic N) is 2. The normalized spacial score (nSPS) is 31.6. The van der Waals surface area contributed by atoms with Gasteiger partial charge in [-0.15, -0.1) is 0 Å². The van der Waals surface area contributed by atoms with Gasteiger partial charge in [-0.25, -0.2) is 0 Å². The van der Waals surface area contributed by atoms with Gasteiger partial charge in [-0.05, 0) is 38.5 Å². The zero-order chi connectivity index (χ0) is 11.9. The Kier molecular flexibility index (Phi) is 2.59. The lowest BCUT2D eigenvalue weighted by molar-refractivity contribution is -0.132. The molecule has 4 nitrogen and oxygen atoms in total. The van der Waals surface area contributed by atoms with Crippen molar-refractivity contribution in [2.24, 2.45) is 5.41 Å². The summed E-state index contributed by atoms with van der Waals surface area (Å²) in [7, 11) is 0. The molecule has 3 fully saturated rings. The summed E-state index contributed by atoms with van der Waals surface area (Å²) in [4.78, 5) is 14.6. The molecular formula is C13H19N3O. The topological polar surface area (TPSA) is 56.1 Å². The summed E-state index contributed by atoms with van der Waals surface area (Å²) in [5.74, 6) is -0.0195. The van der Waals surface area contributed by atoms with Crippen LogP contribution in [0.15, 0.2) is 0 Å². The maximum Gasteiger partial charge on any atom is 0.240 e. The fourth-order valence-corrected chi connectivity index (χ4v) is 2.92. The summed E-state index contributed by atoms with van der Waals surface area (Å²) in [5.41, 5.74) is -0.687. The van der Waals surface area contributed by atoms with Crippen LogP contribution < -0.4 is 5.32 Å². The first kappa shape index (κ1) is 11.0. The molecule has 3 rings (SSSR count). The number of likely N-dealkylation sites (tertiary alicyclic amines) is 1. The Labute approximate surface area is 102 Å². The highest BCUT2D eigenvalue weighted by molar-refractivity contribution is 5.86. The van der Waals surface area contributed by atoms with Gasteiger partial charge in [-0.1, -0.05) is 0 Å². The molecule has 2 aliphatic carbocycles. The fourth-order valence-electron chi connectivity index (χ4n) is 2.92. The number of carbonyl (C=O) groups excluding carboxylic acids is 1. The SMILES string of the molecule is N#CC1(C(=O)NC2CCN(C3CC3)C2)CCC1. The minimum atomic E-state index is -0.687. The van der Waals surface area contributed by atoms with Crippen molar-refractivity contribution in [2.75, 3.05) is 13.1 Å². The lowest BCUT2D eigenvalue weighted by Crippen LogP contribution is -2.49. The van der Waals surface area contributed by atoms with Crippen molar-refractivity contribution >= 4 is 5.91 Å². The Balaban J connectivity index is 1.53. The fraction of sp³-hybridized carbons (Fsp3) is 0.846. The zero-order valence-electron chi connectivity index (χ0n) is 10.1. The van der Waals surface area contributed by atoms with Gasteiger partial charge in [0.05, 0.1) is 6.07 Å². The van der Waals surface area contributed by atoms with Crippen LogP contribution in [-0.2, 0) is 4.79 Å². The average molecular weight is 233 g/mol. The monoisotopic (exact) mass is 233 g/mol. The zero-order valence-corrected chi connectivity index (χ0v) is 10.1. The van der Waals surface area contributed by atoms with Crippen LogP contribution in [0.5, 0.6) is 0 Å². The van der Waals surface area contributed by atoms with E-state index in [0.717, 1.165) is 44.8 Å². The summed E-state index contributed by atoms with van der Waals surface area (Å²) in [6.45, 7) is 2.09. The lowest BCUT2D eigenvalue weighted by Gasteiger charge is -2.34. The average Bonchev–Trinajstić information content (AvgIpc) is 3.00. The largest absolute Gasteiger partial charge is 0.351 e. The molecule has 1 saturated heterocycles. The van der Waals surface area contributed by atoms with Gasteiger partial charge in [0.2, 0.25) is 5.91 Å². The summed E-state index contributed by atoms with van der Waals surface area (Å²) >= 11 is 0. The molecule has 0 bridgehead atoms. The van der Waals surface area contributed by atoms with Crippen LogP contribution in [0.4, 0.5) is 0 Å². The molecule has 1 N–H and O–H groups in total. The van der Waals surface area contributed by atoms with E-state index in [1.165, 1.54) is 12.8 Å². The van der Waals surface area contributed by atoms with Crippen molar-refractivity contribution in [1.82, 2.24) is 10.2 Å². The minimum Gasteiger partial charge on any atom is -0.351 e. The Morgan fingerprint density at radius 1 is 1.35 bits per heavy atom. The molecule has 0 spiro atoms. The molecule has 0 aromatic carbocycles. The van der Waals surface area contributed by atoms with Crippen LogP contribution in [0.25, 0.3) is 0 Å². The number of amides is 1. The molecule has 1 amide bonds. The molecule has 3 aliphatic rings. The van der Waals surface area contributed by atoms with Crippen molar-refractivity contribution in [3.05, 3.63) is 0 Å². The quantitative estimate of drug-likeness (QED) is 0.792. The van der Waals surface area contributed by atoms with Gasteiger partial charge < -0.3 is 5.32 Å². The second-order valence-corrected chi connectivity index (χ2v) is 5.73. The first-order chi connectivity index (χ1) is 8.23. The van der Waals surface area contributed by atoms with Gasteiger partial charge in [-0.2, -0.15) is 5.26 Å². The Morgan fingerprint density at radius 2 is 2.12 bits per heavy atom. The third-order valence-corrected chi connectivity index (χ3v) is 4.47. The maximum atomic E-state index is 12.1. The van der Waals surface area contributed by atoms with E-state index in [-0.39, 0.29) is 11.9 Å². The first-order valence-electron chi connectivity index (χ1n) is 6.70. The van der Waals surface area contributed by atoms with Gasteiger partial charge in [0.15, 0.2) is 0 Å². The standard InChI is InChI=1S/C13H19N3O/c14-9-13(5-1-6-13)12(17)15-10-4-7-16(8-10)11-2-3-11/h10-11H,1-8H2,(H,15,17). The summed E-state index contributed by atoms with van der Waals surface area (Å²) < 4.78 is 0. The predicted molar refractivity (Wildman–Crippen MR) is 63.0 cm³/mol. The Morgan fingerprint density at radius 3 is 2.65 bits per heavy atom. The molecule has 17 heavy (non-hydrogen) atoms. The highest BCUT2D eigenvalue weighted by atomic mass is 16.2. The van der Waals surface area contributed by atoms with E-state index in [2.05, 4.69) is 16.3 Å². The van der Waals surface area contributed by atoms with Gasteiger partial charge in [-0.3, -0.25) is 9.69 Å². The number of rotatable bonds is 3. The highest BCUT2D eigenvalue weighted by Gasteiger charge is 2.46. The molecule has 1 heterocycles. The van der Waals surface area contributed by atoms with Crippen molar-refractivity contribution in [2.45, 2.75) is 50.6 Å². The second-order valence-electron chi connectivity index (χ2n) is 5.73. The third-order valence-electron chi connectivity index (χ3n) is 4.47. The van der Waals surface area contributed by atoms with E-state index >= 15 is 0 Å². The van der Waals surface area contributed by atoms with E-state index in [0.29, 0.717) is 0 Å². The number of hydrogen-bond donors (Lipinski definition) is 1. The van der Waals surface area contributed by atoms with Gasteiger partial charge >= 0.3 is 0 Å². The van der Waals surface area contributed by atoms with Crippen LogP contribution in [-0.4, -0.2) is 36.0 Å². The van der Waals surface area contributed by atoms with Crippen LogP contribution in [0, 0.1) is 16.7 Å². The number of hydrogen-bond acceptors (Lipinski definition) is 3. The van der Waals surface area contributed by atoms with E-state index in [1.807, 2.05) is 0 Å². The Hall–Kier alpha value is -1.08. The van der Waals surface area contributed by atoms with E-state index in [9.17, 15) is 4.79 Å². The molecule has 1 atom stereocenters. The predicted octanol–water partition coefficient (Wildman–Crippen LogP) is 1.03. The van der Waals surface area contributed by atoms with Crippen molar-refractivity contribution < 1.29 is 4.79 Å². The molecule has 4 heteroatoms. The third kappa shape index (κ3) is 1.93. The molecule has 1 unspecified atom stereocenters. The lowest BCUT2D eigenvalue weighted by atomic mass is 9.69. The number of nitrogens with one attached hydrogen (secondary N) is 1. The number of nitriles is 1. The molecular weight excluding hydrogens is 214 g/mol. The molecule has 0 aromatic rings. The van der Waals surface area contributed by atoms with E-state index in [4.69, 9.17) is 5.26 Å². The molecule has 1 aliphatic heterocycles. The van der Waals surface area contributed by atoms with Gasteiger partial charge in [0.25, 0.3) is 0 Å². The molecule has 0 aromatic heterocycles. The van der Waals surface area contributed by atoms with Crippen LogP contribution in [0.2, 0.25) is 0 Å². The summed E-state index contributed by atoms with van der Waals surface area (Å²) in [6.07, 6.45) is 6.19. The molecule has 92 valence electrons. The van der Waals surface area contributed by atoms with Crippen LogP contribution >= 0.6 is 0 Å².